The van der Waals surface area contributed by atoms with Gasteiger partial charge in [-0.15, -0.1) is 0 Å². The Bertz CT molecular complexity index is 494. The first-order chi connectivity index (χ1) is 7.86. The van der Waals surface area contributed by atoms with Crippen LogP contribution < -0.4 is 5.73 Å². The van der Waals surface area contributed by atoms with Gasteiger partial charge in [-0.3, -0.25) is 0 Å². The zero-order chi connectivity index (χ0) is 11.0. The molecule has 0 bridgehead atoms. The Morgan fingerprint density at radius 3 is 2.69 bits per heavy atom. The molecule has 1 fully saturated rings. The van der Waals surface area contributed by atoms with E-state index in [4.69, 9.17) is 10.2 Å². The highest BCUT2D eigenvalue weighted by molar-refractivity contribution is 5.82. The van der Waals surface area contributed by atoms with Gasteiger partial charge in [0.25, 0.3) is 0 Å². The fraction of sp³-hybridized carbons (Fsp3) is 0.429. The van der Waals surface area contributed by atoms with E-state index in [-0.39, 0.29) is 5.41 Å². The van der Waals surface area contributed by atoms with E-state index in [1.165, 1.54) is 36.6 Å². The van der Waals surface area contributed by atoms with E-state index in [2.05, 4.69) is 12.1 Å². The number of para-hydroxylation sites is 1. The van der Waals surface area contributed by atoms with Gasteiger partial charge in [-0.1, -0.05) is 31.0 Å². The summed E-state index contributed by atoms with van der Waals surface area (Å²) in [5, 5.41) is 1.25. The van der Waals surface area contributed by atoms with E-state index in [1.807, 2.05) is 18.4 Å². The van der Waals surface area contributed by atoms with E-state index in [0.29, 0.717) is 0 Å². The highest BCUT2D eigenvalue weighted by Gasteiger charge is 2.36. The van der Waals surface area contributed by atoms with Crippen molar-refractivity contribution in [3.63, 3.8) is 0 Å². The largest absolute Gasteiger partial charge is 0.464 e. The molecule has 3 rings (SSSR count). The SMILES string of the molecule is NCC1(c2coc3ccccc23)CCCC1. The van der Waals surface area contributed by atoms with Gasteiger partial charge in [0, 0.05) is 22.9 Å². The topological polar surface area (TPSA) is 39.2 Å². The second kappa shape index (κ2) is 3.63. The normalized spacial score (nSPS) is 19.3. The summed E-state index contributed by atoms with van der Waals surface area (Å²) in [4.78, 5) is 0. The predicted molar refractivity (Wildman–Crippen MR) is 65.4 cm³/mol. The van der Waals surface area contributed by atoms with Gasteiger partial charge in [0.2, 0.25) is 0 Å². The quantitative estimate of drug-likeness (QED) is 0.835. The Morgan fingerprint density at radius 2 is 1.94 bits per heavy atom. The second-order valence-electron chi connectivity index (χ2n) is 4.84. The molecule has 2 nitrogen and oxygen atoms in total. The first-order valence-electron chi connectivity index (χ1n) is 6.02. The third-order valence-corrected chi connectivity index (χ3v) is 4.00. The molecule has 1 heterocycles. The number of hydrogen-bond donors (Lipinski definition) is 1. The van der Waals surface area contributed by atoms with Crippen molar-refractivity contribution in [2.45, 2.75) is 31.1 Å². The van der Waals surface area contributed by atoms with Crippen molar-refractivity contribution in [1.29, 1.82) is 0 Å². The molecule has 0 amide bonds. The van der Waals surface area contributed by atoms with Gasteiger partial charge in [-0.2, -0.15) is 0 Å². The summed E-state index contributed by atoms with van der Waals surface area (Å²) < 4.78 is 5.63. The monoisotopic (exact) mass is 215 g/mol. The number of fused-ring (bicyclic) bond motifs is 1. The van der Waals surface area contributed by atoms with Crippen LogP contribution in [-0.4, -0.2) is 6.54 Å². The Hall–Kier alpha value is -1.28. The van der Waals surface area contributed by atoms with Gasteiger partial charge in [-0.05, 0) is 18.9 Å². The van der Waals surface area contributed by atoms with Gasteiger partial charge in [0.05, 0.1) is 6.26 Å². The van der Waals surface area contributed by atoms with Crippen LogP contribution in [0.3, 0.4) is 0 Å². The molecule has 1 aliphatic carbocycles. The van der Waals surface area contributed by atoms with Crippen LogP contribution in [0.15, 0.2) is 34.9 Å². The molecule has 1 aromatic heterocycles. The Kier molecular flexibility index (Phi) is 2.25. The molecule has 0 unspecified atom stereocenters. The van der Waals surface area contributed by atoms with Crippen LogP contribution in [0.1, 0.15) is 31.2 Å². The molecule has 0 saturated heterocycles. The van der Waals surface area contributed by atoms with Gasteiger partial charge >= 0.3 is 0 Å². The standard InChI is InChI=1S/C14H17NO/c15-10-14(7-3-4-8-14)12-9-16-13-6-2-1-5-11(12)13/h1-2,5-6,9H,3-4,7-8,10,15H2. The summed E-state index contributed by atoms with van der Waals surface area (Å²) in [5.74, 6) is 0. The van der Waals surface area contributed by atoms with Gasteiger partial charge < -0.3 is 10.2 Å². The first kappa shape index (κ1) is 9.91. The third-order valence-electron chi connectivity index (χ3n) is 4.00. The van der Waals surface area contributed by atoms with Gasteiger partial charge in [-0.25, -0.2) is 0 Å². The van der Waals surface area contributed by atoms with Crippen molar-refractivity contribution in [2.75, 3.05) is 6.54 Å². The summed E-state index contributed by atoms with van der Waals surface area (Å²) >= 11 is 0. The van der Waals surface area contributed by atoms with Gasteiger partial charge in [0.15, 0.2) is 0 Å². The van der Waals surface area contributed by atoms with E-state index < -0.39 is 0 Å². The molecule has 1 saturated carbocycles. The lowest BCUT2D eigenvalue weighted by atomic mass is 9.79. The summed E-state index contributed by atoms with van der Waals surface area (Å²) in [6.45, 7) is 0.733. The summed E-state index contributed by atoms with van der Waals surface area (Å²) in [5.41, 5.74) is 8.49. The fourth-order valence-corrected chi connectivity index (χ4v) is 3.02. The number of nitrogens with two attached hydrogens (primary N) is 1. The van der Waals surface area contributed by atoms with Crippen LogP contribution in [0.4, 0.5) is 0 Å². The molecule has 0 aliphatic heterocycles. The number of furan rings is 1. The Morgan fingerprint density at radius 1 is 1.19 bits per heavy atom. The van der Waals surface area contributed by atoms with Crippen LogP contribution in [0.2, 0.25) is 0 Å². The van der Waals surface area contributed by atoms with Crippen molar-refractivity contribution >= 4 is 11.0 Å². The lowest BCUT2D eigenvalue weighted by molar-refractivity contribution is 0.448. The second-order valence-corrected chi connectivity index (χ2v) is 4.84. The minimum absolute atomic E-state index is 0.173. The van der Waals surface area contributed by atoms with Crippen LogP contribution >= 0.6 is 0 Å². The van der Waals surface area contributed by atoms with Crippen molar-refractivity contribution in [3.8, 4) is 0 Å². The lowest BCUT2D eigenvalue weighted by Gasteiger charge is -2.26. The molecule has 16 heavy (non-hydrogen) atoms. The minimum atomic E-state index is 0.173. The van der Waals surface area contributed by atoms with E-state index >= 15 is 0 Å². The van der Waals surface area contributed by atoms with Crippen LogP contribution in [0.25, 0.3) is 11.0 Å². The highest BCUT2D eigenvalue weighted by Crippen LogP contribution is 2.43. The zero-order valence-corrected chi connectivity index (χ0v) is 9.41. The zero-order valence-electron chi connectivity index (χ0n) is 9.41. The van der Waals surface area contributed by atoms with Crippen molar-refractivity contribution in [3.05, 3.63) is 36.1 Å². The fourth-order valence-electron chi connectivity index (χ4n) is 3.02. The molecule has 84 valence electrons. The lowest BCUT2D eigenvalue weighted by Crippen LogP contribution is -2.31. The van der Waals surface area contributed by atoms with Crippen LogP contribution in [-0.2, 0) is 5.41 Å². The molecule has 1 aromatic carbocycles. The maximum absolute atomic E-state index is 6.01. The minimum Gasteiger partial charge on any atom is -0.464 e. The Labute approximate surface area is 95.4 Å². The molecule has 1 aliphatic rings. The van der Waals surface area contributed by atoms with Gasteiger partial charge in [0.1, 0.15) is 5.58 Å². The maximum Gasteiger partial charge on any atom is 0.134 e. The molecular formula is C14H17NO. The Balaban J connectivity index is 2.17. The van der Waals surface area contributed by atoms with E-state index in [9.17, 15) is 0 Å². The predicted octanol–water partition coefficient (Wildman–Crippen LogP) is 3.20. The van der Waals surface area contributed by atoms with E-state index in [1.54, 1.807) is 0 Å². The molecule has 2 heteroatoms. The molecule has 2 N–H and O–H groups in total. The smallest absolute Gasteiger partial charge is 0.134 e. The van der Waals surface area contributed by atoms with Crippen molar-refractivity contribution < 1.29 is 4.42 Å². The summed E-state index contributed by atoms with van der Waals surface area (Å²) in [7, 11) is 0. The van der Waals surface area contributed by atoms with Crippen molar-refractivity contribution in [2.24, 2.45) is 5.73 Å². The molecule has 2 aromatic rings. The average molecular weight is 215 g/mol. The first-order valence-corrected chi connectivity index (χ1v) is 6.02. The highest BCUT2D eigenvalue weighted by atomic mass is 16.3. The molecule has 0 atom stereocenters. The third kappa shape index (κ3) is 1.30. The molecular weight excluding hydrogens is 198 g/mol. The number of benzene rings is 1. The maximum atomic E-state index is 6.01. The van der Waals surface area contributed by atoms with E-state index in [0.717, 1.165) is 12.1 Å². The van der Waals surface area contributed by atoms with Crippen LogP contribution in [0, 0.1) is 0 Å². The summed E-state index contributed by atoms with van der Waals surface area (Å²) in [6, 6.07) is 8.25. The summed E-state index contributed by atoms with van der Waals surface area (Å²) in [6.07, 6.45) is 6.90. The number of hydrogen-bond acceptors (Lipinski definition) is 2. The molecule has 0 spiro atoms. The van der Waals surface area contributed by atoms with Crippen LogP contribution in [0.5, 0.6) is 0 Å². The van der Waals surface area contributed by atoms with Crippen molar-refractivity contribution in [1.82, 2.24) is 0 Å². The number of rotatable bonds is 2. The average Bonchev–Trinajstić information content (AvgIpc) is 2.96. The molecule has 0 radical (unpaired) electrons.